The highest BCUT2D eigenvalue weighted by Crippen LogP contribution is 2.29. The van der Waals surface area contributed by atoms with Crippen molar-refractivity contribution in [1.82, 2.24) is 10.3 Å². The fraction of sp³-hybridized carbons (Fsp3) is 0.357. The third-order valence-corrected chi connectivity index (χ3v) is 2.39. The minimum atomic E-state index is -3.68. The van der Waals surface area contributed by atoms with E-state index < -0.39 is 94.9 Å². The van der Waals surface area contributed by atoms with Crippen LogP contribution in [0.15, 0.2) is 18.1 Å². The minimum absolute atomic E-state index is 0.0961. The zero-order valence-corrected chi connectivity index (χ0v) is 8.83. The Hall–Kier alpha value is -1.81. The smallest absolute Gasteiger partial charge is 0.248 e. The summed E-state index contributed by atoms with van der Waals surface area (Å²) in [6.07, 6.45) is -10.7. The number of benzene rings is 1. The van der Waals surface area contributed by atoms with Crippen LogP contribution in [-0.4, -0.2) is 23.9 Å². The maximum absolute atomic E-state index is 12.3. The molecule has 94 valence electrons. The topological polar surface area (TPSA) is 70.9 Å². The molecule has 1 aromatic carbocycles. The normalized spacial score (nSPS) is 44.3. The van der Waals surface area contributed by atoms with Gasteiger partial charge in [-0.1, -0.05) is 0 Å². The number of hydrogen-bond donors (Lipinski definition) is 3. The number of fused-ring (bicyclic) bond motifs is 3. The average molecular weight is 259 g/mol. The van der Waals surface area contributed by atoms with Gasteiger partial charge < -0.3 is 16.0 Å². The summed E-state index contributed by atoms with van der Waals surface area (Å²) >= 11 is 0. The van der Waals surface area contributed by atoms with Gasteiger partial charge in [0.1, 0.15) is 1.41 Å². The fourth-order valence-electron chi connectivity index (χ4n) is 1.60. The number of carbonyl (C=O) groups is 1. The molecule has 1 aromatic heterocycles. The lowest BCUT2D eigenvalue weighted by atomic mass is 9.91. The average Bonchev–Trinajstić information content (AvgIpc) is 3.04. The van der Waals surface area contributed by atoms with E-state index in [9.17, 15) is 4.79 Å². The number of rotatable bonds is 2. The van der Waals surface area contributed by atoms with E-state index in [2.05, 4.69) is 0 Å². The molecule has 0 bridgehead atoms. The number of nitrogens with two attached hydrogens (primary N) is 1. The van der Waals surface area contributed by atoms with Crippen LogP contribution < -0.4 is 11.0 Å². The first kappa shape index (κ1) is 3.20. The highest BCUT2D eigenvalue weighted by molar-refractivity contribution is 5.98. The molecule has 4 N–H and O–H groups in total. The van der Waals surface area contributed by atoms with Gasteiger partial charge in [-0.25, -0.2) is 0 Å². The third-order valence-electron chi connectivity index (χ3n) is 2.39. The summed E-state index contributed by atoms with van der Waals surface area (Å²) < 4.78 is 129. The van der Waals surface area contributed by atoms with E-state index in [0.29, 0.717) is 0 Å². The molecule has 4 heteroatoms. The highest BCUT2D eigenvalue weighted by atomic mass is 16.1. The van der Waals surface area contributed by atoms with Crippen molar-refractivity contribution in [3.63, 3.8) is 0 Å². The molecule has 1 aliphatic rings. The summed E-state index contributed by atoms with van der Waals surface area (Å²) in [6, 6.07) is -6.71. The van der Waals surface area contributed by atoms with Crippen molar-refractivity contribution in [3.8, 4) is 0 Å². The Kier molecular flexibility index (Phi) is 0.735. The van der Waals surface area contributed by atoms with Crippen LogP contribution in [0.3, 0.4) is 0 Å². The molecule has 0 unspecified atom stereocenters. The van der Waals surface area contributed by atoms with Gasteiger partial charge in [0.15, 0.2) is 4.24 Å². The standard InChI is InChI=1S/C14H17N3O/c1-16-9-3-5-13-11(7-9)10-6-8(14(15)18)2-4-12(10)17-13/h2,4,6,9,16-17H,3,5,7H2,1H3,(H2,15,18)/t9-/m1/s1/i1D2,2D,3D2,4D,5D2,6D,7D2,9D/hD4. The number of aromatic amines is 1. The number of hydrogen-bond acceptors (Lipinski definition) is 2. The second-order valence-electron chi connectivity index (χ2n) is 3.47. The van der Waals surface area contributed by atoms with E-state index in [1.165, 1.54) is 0 Å². The number of H-pyrrole nitrogens is 1. The monoisotopic (exact) mass is 259 g/mol. The van der Waals surface area contributed by atoms with Gasteiger partial charge >= 0.3 is 0 Å². The van der Waals surface area contributed by atoms with E-state index in [-0.39, 0.29) is 4.98 Å². The second kappa shape index (κ2) is 4.14. The molecule has 1 amide bonds. The van der Waals surface area contributed by atoms with Crippen molar-refractivity contribution in [2.75, 3.05) is 7.00 Å². The predicted molar refractivity (Wildman–Crippen MR) is 71.7 cm³/mol. The Bertz CT molecular complexity index is 1210. The van der Waals surface area contributed by atoms with E-state index in [1.54, 1.807) is 0 Å². The Morgan fingerprint density at radius 1 is 1.94 bits per heavy atom. The Morgan fingerprint density at radius 3 is 3.72 bits per heavy atom. The largest absolute Gasteiger partial charge is 0.366 e. The molecule has 4 nitrogen and oxygen atoms in total. The quantitative estimate of drug-likeness (QED) is 0.761. The van der Waals surface area contributed by atoms with Crippen LogP contribution in [0.2, 0.25) is 5.65 Å². The molecular weight excluding hydrogens is 226 g/mol. The lowest BCUT2D eigenvalue weighted by Gasteiger charge is -2.21. The summed E-state index contributed by atoms with van der Waals surface area (Å²) in [5.41, 5.74) is -4.41. The molecule has 0 radical (unpaired) electrons. The van der Waals surface area contributed by atoms with Gasteiger partial charge in [0.05, 0.1) is 4.11 Å². The van der Waals surface area contributed by atoms with Crippen LogP contribution in [0.1, 0.15) is 44.4 Å². The van der Waals surface area contributed by atoms with Crippen LogP contribution in [0.4, 0.5) is 0 Å². The number of carbonyl (C=O) groups excluding carboxylic acids is 1. The van der Waals surface area contributed by atoms with Crippen LogP contribution in [0.5, 0.6) is 0 Å². The van der Waals surface area contributed by atoms with Gasteiger partial charge in [-0.3, -0.25) is 4.79 Å². The third kappa shape index (κ3) is 1.69. The van der Waals surface area contributed by atoms with Crippen molar-refractivity contribution >= 4 is 16.8 Å². The number of amides is 1. The SMILES string of the molecule is [2H]c1c(C(=O)N([2H])[2H])c([2H])c2c3c(n([2H])c2c1[2H])C([2H])([2H])C([2H])([2H])[C@@]([2H])(N([2H])C([2H])[2H])C3([2H])[2H]. The summed E-state index contributed by atoms with van der Waals surface area (Å²) in [7, 11) is 0. The number of nitrogens with one attached hydrogen (secondary N) is 2. The minimum Gasteiger partial charge on any atom is -0.366 e. The Balaban J connectivity index is 2.67. The Labute approximate surface area is 128 Å². The van der Waals surface area contributed by atoms with Crippen LogP contribution in [0.25, 0.3) is 10.9 Å². The van der Waals surface area contributed by atoms with Crippen molar-refractivity contribution in [1.29, 1.82) is 0 Å². The molecule has 0 spiro atoms. The van der Waals surface area contributed by atoms with E-state index in [4.69, 9.17) is 22.1 Å². The molecule has 0 aliphatic heterocycles. The van der Waals surface area contributed by atoms with Crippen molar-refractivity contribution in [3.05, 3.63) is 34.9 Å². The van der Waals surface area contributed by atoms with Crippen LogP contribution in [0, 0.1) is 0 Å². The van der Waals surface area contributed by atoms with Gasteiger partial charge in [-0.15, -0.1) is 0 Å². The molecule has 0 fully saturated rings. The molecular formula is C14H17N3O. The number of primary amides is 1. The van der Waals surface area contributed by atoms with E-state index in [0.717, 1.165) is 0 Å². The number of aromatic nitrogens is 1. The summed E-state index contributed by atoms with van der Waals surface area (Å²) in [5.74, 6) is -1.57. The first-order chi connectivity index (χ1) is 15.2. The van der Waals surface area contributed by atoms with Crippen molar-refractivity contribution < 1.29 is 26.9 Å². The van der Waals surface area contributed by atoms with E-state index >= 15 is 0 Å². The van der Waals surface area contributed by atoms with Gasteiger partial charge in [-0.2, -0.15) is 0 Å². The van der Waals surface area contributed by atoms with Crippen molar-refractivity contribution in [2.45, 2.75) is 25.1 Å². The summed E-state index contributed by atoms with van der Waals surface area (Å²) in [4.78, 5) is 12.4. The molecule has 1 heterocycles. The van der Waals surface area contributed by atoms with Crippen LogP contribution in [-0.2, 0) is 12.7 Å². The molecule has 18 heavy (non-hydrogen) atoms. The molecule has 1 aliphatic carbocycles. The van der Waals surface area contributed by atoms with E-state index in [1.807, 2.05) is 0 Å². The number of likely N-dealkylation sites (N-methyl/N-ethyl adjacent to an activating group) is 1. The zero-order chi connectivity index (χ0) is 26.5. The molecule has 0 saturated carbocycles. The summed E-state index contributed by atoms with van der Waals surface area (Å²) in [6.45, 7) is -2.47. The molecule has 0 saturated heterocycles. The second-order valence-corrected chi connectivity index (χ2v) is 3.47. The van der Waals surface area contributed by atoms with Crippen LogP contribution >= 0.6 is 0 Å². The lowest BCUT2D eigenvalue weighted by Crippen LogP contribution is -2.31. The molecule has 3 rings (SSSR count). The predicted octanol–water partition coefficient (Wildman–Crippen LogP) is 1.34. The van der Waals surface area contributed by atoms with Gasteiger partial charge in [0.25, 0.3) is 0 Å². The fourth-order valence-corrected chi connectivity index (χ4v) is 1.60. The molecule has 2 aromatic rings. The first-order valence-corrected chi connectivity index (χ1v) is 4.86. The Morgan fingerprint density at radius 2 is 2.89 bits per heavy atom. The maximum atomic E-state index is 12.3. The molecule has 1 atom stereocenters. The maximum Gasteiger partial charge on any atom is 0.248 e. The van der Waals surface area contributed by atoms with Crippen molar-refractivity contribution in [2.24, 2.45) is 5.72 Å². The lowest BCUT2D eigenvalue weighted by molar-refractivity contribution is 0.100. The first-order valence-electron chi connectivity index (χ1n) is 12.8. The summed E-state index contributed by atoms with van der Waals surface area (Å²) in [5, 5.41) is -1.23. The van der Waals surface area contributed by atoms with Gasteiger partial charge in [0, 0.05) is 40.5 Å². The van der Waals surface area contributed by atoms with Gasteiger partial charge in [0.2, 0.25) is 5.91 Å². The zero-order valence-electron chi connectivity index (χ0n) is 24.8. The highest BCUT2D eigenvalue weighted by Gasteiger charge is 2.21. The van der Waals surface area contributed by atoms with Gasteiger partial charge in [-0.05, 0) is 49.8 Å².